The van der Waals surface area contributed by atoms with Crippen molar-refractivity contribution in [2.45, 2.75) is 12.6 Å². The van der Waals surface area contributed by atoms with Crippen molar-refractivity contribution in [3.05, 3.63) is 101 Å². The molecule has 2 fully saturated rings. The minimum Gasteiger partial charge on any atom is -0.507 e. The van der Waals surface area contributed by atoms with Gasteiger partial charge >= 0.3 is 0 Å². The molecule has 2 aliphatic rings. The number of ether oxygens (including phenoxy) is 2. The Morgan fingerprint density at radius 3 is 2.43 bits per heavy atom. The molecule has 0 radical (unpaired) electrons. The molecule has 1 aromatic heterocycles. The highest BCUT2D eigenvalue weighted by molar-refractivity contribution is 6.46. The zero-order chi connectivity index (χ0) is 25.6. The maximum atomic E-state index is 13.2. The number of carbonyl (C=O) groups excluding carboxylic acids is 2. The van der Waals surface area contributed by atoms with Crippen LogP contribution in [-0.4, -0.2) is 71.0 Å². The van der Waals surface area contributed by atoms with Gasteiger partial charge in [0.05, 0.1) is 24.8 Å². The molecule has 190 valence electrons. The third kappa shape index (κ3) is 5.55. The quantitative estimate of drug-likeness (QED) is 0.288. The Morgan fingerprint density at radius 2 is 1.73 bits per heavy atom. The summed E-state index contributed by atoms with van der Waals surface area (Å²) in [5.41, 5.74) is 2.22. The Hall–Kier alpha value is -4.01. The van der Waals surface area contributed by atoms with Gasteiger partial charge in [0.1, 0.15) is 18.1 Å². The van der Waals surface area contributed by atoms with E-state index in [0.29, 0.717) is 49.8 Å². The number of morpholine rings is 1. The summed E-state index contributed by atoms with van der Waals surface area (Å²) in [6.07, 6.45) is 3.27. The Kier molecular flexibility index (Phi) is 7.58. The summed E-state index contributed by atoms with van der Waals surface area (Å²) in [5.74, 6) is -0.893. The van der Waals surface area contributed by atoms with Crippen molar-refractivity contribution in [1.29, 1.82) is 0 Å². The highest BCUT2D eigenvalue weighted by Crippen LogP contribution is 2.39. The molecule has 8 heteroatoms. The molecule has 2 saturated heterocycles. The second kappa shape index (κ2) is 11.4. The average Bonchev–Trinajstić information content (AvgIpc) is 3.21. The van der Waals surface area contributed by atoms with Gasteiger partial charge in [-0.25, -0.2) is 0 Å². The lowest BCUT2D eigenvalue weighted by atomic mass is 9.96. The summed E-state index contributed by atoms with van der Waals surface area (Å²) in [5, 5.41) is 11.3. The fraction of sp³-hybridized carbons (Fsp3) is 0.276. The van der Waals surface area contributed by atoms with E-state index in [4.69, 9.17) is 9.47 Å². The molecule has 2 aromatic carbocycles. The number of hydrogen-bond donors (Lipinski definition) is 1. The second-order valence-electron chi connectivity index (χ2n) is 9.03. The van der Waals surface area contributed by atoms with E-state index >= 15 is 0 Å². The molecule has 0 saturated carbocycles. The van der Waals surface area contributed by atoms with E-state index in [-0.39, 0.29) is 11.3 Å². The molecule has 2 aliphatic heterocycles. The van der Waals surface area contributed by atoms with Gasteiger partial charge in [0.15, 0.2) is 0 Å². The van der Waals surface area contributed by atoms with Gasteiger partial charge in [0.25, 0.3) is 11.7 Å². The molecular weight excluding hydrogens is 470 g/mol. The van der Waals surface area contributed by atoms with Crippen LogP contribution in [0.5, 0.6) is 5.75 Å². The molecule has 3 aromatic rings. The van der Waals surface area contributed by atoms with Gasteiger partial charge in [-0.2, -0.15) is 0 Å². The fourth-order valence-electron chi connectivity index (χ4n) is 4.67. The largest absolute Gasteiger partial charge is 0.507 e. The zero-order valence-electron chi connectivity index (χ0n) is 20.5. The van der Waals surface area contributed by atoms with Crippen LogP contribution >= 0.6 is 0 Å². The van der Waals surface area contributed by atoms with Gasteiger partial charge in [-0.15, -0.1) is 0 Å². The number of pyridine rings is 1. The van der Waals surface area contributed by atoms with Crippen LogP contribution in [-0.2, 0) is 20.9 Å². The number of aromatic nitrogens is 1. The Bertz CT molecular complexity index is 1260. The summed E-state index contributed by atoms with van der Waals surface area (Å²) < 4.78 is 11.2. The van der Waals surface area contributed by atoms with Crippen LogP contribution in [0.15, 0.2) is 84.7 Å². The van der Waals surface area contributed by atoms with E-state index in [1.165, 1.54) is 4.90 Å². The predicted molar refractivity (Wildman–Crippen MR) is 138 cm³/mol. The Morgan fingerprint density at radius 1 is 0.973 bits per heavy atom. The van der Waals surface area contributed by atoms with Crippen LogP contribution in [0.25, 0.3) is 5.76 Å². The van der Waals surface area contributed by atoms with Crippen molar-refractivity contribution in [2.24, 2.45) is 0 Å². The van der Waals surface area contributed by atoms with Crippen molar-refractivity contribution in [2.75, 3.05) is 39.4 Å². The highest BCUT2D eigenvalue weighted by Gasteiger charge is 2.46. The number of aliphatic hydroxyl groups is 1. The lowest BCUT2D eigenvalue weighted by Gasteiger charge is -2.30. The number of hydrogen-bond acceptors (Lipinski definition) is 7. The first-order valence-electron chi connectivity index (χ1n) is 12.4. The maximum Gasteiger partial charge on any atom is 0.295 e. The molecule has 0 aliphatic carbocycles. The first-order valence-corrected chi connectivity index (χ1v) is 12.4. The topological polar surface area (TPSA) is 92.2 Å². The molecule has 0 spiro atoms. The number of likely N-dealkylation sites (tertiary alicyclic amines) is 1. The van der Waals surface area contributed by atoms with Crippen molar-refractivity contribution >= 4 is 17.4 Å². The number of nitrogens with zero attached hydrogens (tertiary/aromatic N) is 3. The second-order valence-corrected chi connectivity index (χ2v) is 9.03. The van der Waals surface area contributed by atoms with Gasteiger partial charge < -0.3 is 19.5 Å². The minimum atomic E-state index is -0.719. The highest BCUT2D eigenvalue weighted by atomic mass is 16.5. The molecular formula is C29H29N3O5. The van der Waals surface area contributed by atoms with Gasteiger partial charge in [0, 0.05) is 44.1 Å². The number of aliphatic hydroxyl groups excluding tert-OH is 1. The first kappa shape index (κ1) is 24.7. The van der Waals surface area contributed by atoms with Crippen LogP contribution in [0, 0.1) is 0 Å². The summed E-state index contributed by atoms with van der Waals surface area (Å²) >= 11 is 0. The van der Waals surface area contributed by atoms with Crippen LogP contribution in [0.1, 0.15) is 22.7 Å². The molecule has 8 nitrogen and oxygen atoms in total. The van der Waals surface area contributed by atoms with E-state index in [9.17, 15) is 14.7 Å². The average molecular weight is 500 g/mol. The SMILES string of the molecule is O=C1C(=O)N(CCN2CCOCC2)[C@H](c2cccnc2)/C1=C(\O)c1ccc(OCc2ccccc2)cc1. The van der Waals surface area contributed by atoms with Crippen molar-refractivity contribution in [3.8, 4) is 5.75 Å². The van der Waals surface area contributed by atoms with Gasteiger partial charge in [-0.05, 0) is 41.5 Å². The molecule has 0 unspecified atom stereocenters. The number of benzene rings is 2. The number of carbonyl (C=O) groups is 2. The first-order chi connectivity index (χ1) is 18.1. The summed E-state index contributed by atoms with van der Waals surface area (Å²) in [6, 6.07) is 19.5. The van der Waals surface area contributed by atoms with E-state index < -0.39 is 17.7 Å². The van der Waals surface area contributed by atoms with Crippen LogP contribution in [0.2, 0.25) is 0 Å². The molecule has 5 rings (SSSR count). The lowest BCUT2D eigenvalue weighted by molar-refractivity contribution is -0.140. The van der Waals surface area contributed by atoms with Crippen molar-refractivity contribution in [3.63, 3.8) is 0 Å². The van der Waals surface area contributed by atoms with E-state index in [0.717, 1.165) is 18.7 Å². The summed E-state index contributed by atoms with van der Waals surface area (Å²) in [7, 11) is 0. The third-order valence-corrected chi connectivity index (χ3v) is 6.68. The van der Waals surface area contributed by atoms with E-state index in [1.807, 2.05) is 36.4 Å². The summed E-state index contributed by atoms with van der Waals surface area (Å²) in [6.45, 7) is 4.24. The molecule has 3 heterocycles. The summed E-state index contributed by atoms with van der Waals surface area (Å²) in [4.78, 5) is 34.3. The van der Waals surface area contributed by atoms with Crippen LogP contribution in [0.3, 0.4) is 0 Å². The zero-order valence-corrected chi connectivity index (χ0v) is 20.5. The van der Waals surface area contributed by atoms with Crippen molar-refractivity contribution in [1.82, 2.24) is 14.8 Å². The Balaban J connectivity index is 1.40. The monoisotopic (exact) mass is 499 g/mol. The van der Waals surface area contributed by atoms with Crippen molar-refractivity contribution < 1.29 is 24.2 Å². The lowest BCUT2D eigenvalue weighted by Crippen LogP contribution is -2.42. The van der Waals surface area contributed by atoms with Crippen LogP contribution < -0.4 is 4.74 Å². The van der Waals surface area contributed by atoms with Gasteiger partial charge in [-0.1, -0.05) is 36.4 Å². The smallest absolute Gasteiger partial charge is 0.295 e. The van der Waals surface area contributed by atoms with Gasteiger partial charge in [0.2, 0.25) is 0 Å². The number of ketones is 1. The molecule has 1 N–H and O–H groups in total. The third-order valence-electron chi connectivity index (χ3n) is 6.68. The number of Topliss-reactive ketones (excluding diaryl/α,β-unsaturated/α-hetero) is 1. The molecule has 0 bridgehead atoms. The fourth-order valence-corrected chi connectivity index (χ4v) is 4.67. The standard InChI is InChI=1S/C29H29N3O5/c33-27(22-8-10-24(11-9-22)37-20-21-5-2-1-3-6-21)25-26(23-7-4-12-30-19-23)32(29(35)28(25)34)14-13-31-15-17-36-18-16-31/h1-12,19,26,33H,13-18,20H2/b27-25+/t26-/m1/s1. The minimum absolute atomic E-state index is 0.0675. The van der Waals surface area contributed by atoms with E-state index in [2.05, 4.69) is 9.88 Å². The normalized spacial score (nSPS) is 19.8. The molecule has 1 atom stereocenters. The van der Waals surface area contributed by atoms with Crippen LogP contribution in [0.4, 0.5) is 0 Å². The predicted octanol–water partition coefficient (Wildman–Crippen LogP) is 3.41. The number of rotatable bonds is 8. The Labute approximate surface area is 215 Å². The van der Waals surface area contributed by atoms with Gasteiger partial charge in [-0.3, -0.25) is 19.5 Å². The van der Waals surface area contributed by atoms with E-state index in [1.54, 1.807) is 42.7 Å². The molecule has 1 amide bonds. The number of amides is 1. The molecule has 37 heavy (non-hydrogen) atoms. The maximum absolute atomic E-state index is 13.2.